The molecule has 6 nitrogen and oxygen atoms in total. The van der Waals surface area contributed by atoms with Crippen molar-refractivity contribution in [3.05, 3.63) is 11.8 Å². The number of piperidine rings is 3. The predicted octanol–water partition coefficient (Wildman–Crippen LogP) is 2.96. The lowest BCUT2D eigenvalue weighted by atomic mass is 10.0. The molecule has 3 aliphatic heterocycles. The second-order valence-corrected chi connectivity index (χ2v) is 8.47. The Labute approximate surface area is 170 Å². The minimum absolute atomic E-state index is 0.205. The van der Waals surface area contributed by atoms with Crippen LogP contribution >= 0.6 is 0 Å². The first kappa shape index (κ1) is 21.1. The van der Waals surface area contributed by atoms with Crippen LogP contribution in [0.4, 0.5) is 0 Å². The Hall–Kier alpha value is -1.60. The topological polar surface area (TPSA) is 60.5 Å². The van der Waals surface area contributed by atoms with Gasteiger partial charge in [0.05, 0.1) is 0 Å². The van der Waals surface area contributed by atoms with Gasteiger partial charge in [0.1, 0.15) is 17.7 Å². The molecule has 0 aromatic carbocycles. The molecular formula is C22H36N6. The number of rotatable bonds is 7. The van der Waals surface area contributed by atoms with Crippen LogP contribution in [0.1, 0.15) is 57.8 Å². The number of likely N-dealkylation sites (tertiary alicyclic amines) is 2. The highest BCUT2D eigenvalue weighted by Crippen LogP contribution is 2.22. The number of hydrogen-bond acceptors (Lipinski definition) is 6. The van der Waals surface area contributed by atoms with E-state index in [-0.39, 0.29) is 5.57 Å². The molecule has 154 valence electrons. The van der Waals surface area contributed by atoms with Gasteiger partial charge in [-0.05, 0) is 77.7 Å². The fourth-order valence-electron chi connectivity index (χ4n) is 4.92. The first-order valence-electron chi connectivity index (χ1n) is 11.3. The maximum Gasteiger partial charge on any atom is 0.146 e. The van der Waals surface area contributed by atoms with Crippen molar-refractivity contribution in [2.24, 2.45) is 0 Å². The molecule has 3 heterocycles. The van der Waals surface area contributed by atoms with Crippen molar-refractivity contribution in [2.45, 2.75) is 63.8 Å². The molecule has 28 heavy (non-hydrogen) atoms. The fraction of sp³-hybridized carbons (Fsp3) is 0.818. The van der Waals surface area contributed by atoms with Gasteiger partial charge in [0.2, 0.25) is 0 Å². The van der Waals surface area contributed by atoms with E-state index in [1.165, 1.54) is 77.5 Å². The molecule has 0 atom stereocenters. The summed E-state index contributed by atoms with van der Waals surface area (Å²) in [6, 6.07) is 4.78. The van der Waals surface area contributed by atoms with Crippen LogP contribution in [-0.4, -0.2) is 78.2 Å². The van der Waals surface area contributed by atoms with E-state index in [9.17, 15) is 10.5 Å². The lowest BCUT2D eigenvalue weighted by Gasteiger charge is -2.43. The average molecular weight is 385 g/mol. The summed E-state index contributed by atoms with van der Waals surface area (Å²) in [6.45, 7) is 9.00. The van der Waals surface area contributed by atoms with Gasteiger partial charge >= 0.3 is 0 Å². The maximum atomic E-state index is 9.21. The quantitative estimate of drug-likeness (QED) is 0.629. The van der Waals surface area contributed by atoms with Gasteiger partial charge in [0.15, 0.2) is 0 Å². The lowest BCUT2D eigenvalue weighted by molar-refractivity contribution is -0.0249. The van der Waals surface area contributed by atoms with E-state index in [2.05, 4.69) is 19.8 Å². The Kier molecular flexibility index (Phi) is 8.61. The largest absolute Gasteiger partial charge is 0.311 e. The second kappa shape index (κ2) is 11.4. The molecule has 0 spiro atoms. The fourth-order valence-corrected chi connectivity index (χ4v) is 4.92. The molecule has 3 aliphatic rings. The summed E-state index contributed by atoms with van der Waals surface area (Å²) in [4.78, 5) is 5.25. The van der Waals surface area contributed by atoms with Crippen molar-refractivity contribution >= 4 is 0 Å². The molecule has 0 amide bonds. The van der Waals surface area contributed by atoms with Gasteiger partial charge in [-0.25, -0.2) is 5.01 Å². The van der Waals surface area contributed by atoms with Gasteiger partial charge in [-0.1, -0.05) is 12.8 Å². The van der Waals surface area contributed by atoms with Crippen molar-refractivity contribution in [2.75, 3.05) is 52.4 Å². The lowest BCUT2D eigenvalue weighted by Crippen LogP contribution is -2.51. The molecule has 0 saturated carbocycles. The molecule has 3 saturated heterocycles. The van der Waals surface area contributed by atoms with Gasteiger partial charge < -0.3 is 14.8 Å². The van der Waals surface area contributed by atoms with Crippen molar-refractivity contribution < 1.29 is 0 Å². The predicted molar refractivity (Wildman–Crippen MR) is 111 cm³/mol. The Morgan fingerprint density at radius 2 is 1.46 bits per heavy atom. The number of allylic oxidation sites excluding steroid dienone is 1. The Balaban J connectivity index is 1.52. The van der Waals surface area contributed by atoms with Gasteiger partial charge in [-0.2, -0.15) is 10.5 Å². The molecule has 0 aromatic rings. The SMILES string of the molecule is N#CC(C#N)=CN(CCCN1CCCCC1)N1CCC(N2CCCCC2)CC1. The minimum Gasteiger partial charge on any atom is -0.311 e. The summed E-state index contributed by atoms with van der Waals surface area (Å²) in [5.74, 6) is 0. The number of hydrogen-bond donors (Lipinski definition) is 0. The smallest absolute Gasteiger partial charge is 0.146 e. The van der Waals surface area contributed by atoms with Crippen LogP contribution < -0.4 is 0 Å². The first-order chi connectivity index (χ1) is 13.8. The van der Waals surface area contributed by atoms with E-state index < -0.39 is 0 Å². The number of nitriles is 2. The molecular weight excluding hydrogens is 348 g/mol. The van der Waals surface area contributed by atoms with E-state index in [1.807, 2.05) is 12.1 Å². The van der Waals surface area contributed by atoms with E-state index in [1.54, 1.807) is 6.20 Å². The summed E-state index contributed by atoms with van der Waals surface area (Å²) in [6.07, 6.45) is 13.3. The standard InChI is InChI=1S/C22H36N6/c23-18-21(19-24)20-28(15-7-12-25-10-3-1-4-11-25)27-16-8-22(9-17-27)26-13-5-2-6-14-26/h20,22H,1-17H2. The van der Waals surface area contributed by atoms with Crippen LogP contribution in [0.5, 0.6) is 0 Å². The first-order valence-corrected chi connectivity index (χ1v) is 11.3. The molecule has 0 aromatic heterocycles. The zero-order chi connectivity index (χ0) is 19.6. The number of nitrogens with zero attached hydrogens (tertiary/aromatic N) is 6. The average Bonchev–Trinajstić information content (AvgIpc) is 2.77. The van der Waals surface area contributed by atoms with Crippen molar-refractivity contribution in [1.29, 1.82) is 10.5 Å². The molecule has 0 N–H and O–H groups in total. The summed E-state index contributed by atoms with van der Waals surface area (Å²) in [5.41, 5.74) is 0.205. The number of hydrazine groups is 1. The molecule has 0 radical (unpaired) electrons. The summed E-state index contributed by atoms with van der Waals surface area (Å²) in [7, 11) is 0. The van der Waals surface area contributed by atoms with Crippen molar-refractivity contribution in [1.82, 2.24) is 19.8 Å². The molecule has 3 rings (SSSR count). The highest BCUT2D eigenvalue weighted by Gasteiger charge is 2.27. The second-order valence-electron chi connectivity index (χ2n) is 8.47. The minimum atomic E-state index is 0.205. The van der Waals surface area contributed by atoms with Crippen LogP contribution in [0.25, 0.3) is 0 Å². The van der Waals surface area contributed by atoms with E-state index in [0.29, 0.717) is 6.04 Å². The third-order valence-electron chi connectivity index (χ3n) is 6.54. The Bertz CT molecular complexity index is 553. The molecule has 3 fully saturated rings. The van der Waals surface area contributed by atoms with Gasteiger partial charge in [0, 0.05) is 31.9 Å². The third-order valence-corrected chi connectivity index (χ3v) is 6.54. The Morgan fingerprint density at radius 1 is 0.857 bits per heavy atom. The maximum absolute atomic E-state index is 9.21. The summed E-state index contributed by atoms with van der Waals surface area (Å²) < 4.78 is 0. The highest BCUT2D eigenvalue weighted by atomic mass is 15.6. The summed E-state index contributed by atoms with van der Waals surface area (Å²) >= 11 is 0. The van der Waals surface area contributed by atoms with E-state index in [4.69, 9.17) is 0 Å². The summed E-state index contributed by atoms with van der Waals surface area (Å²) in [5, 5.41) is 23.0. The van der Waals surface area contributed by atoms with Crippen LogP contribution in [-0.2, 0) is 0 Å². The van der Waals surface area contributed by atoms with Crippen LogP contribution in [0.3, 0.4) is 0 Å². The van der Waals surface area contributed by atoms with E-state index >= 15 is 0 Å². The Morgan fingerprint density at radius 3 is 2.07 bits per heavy atom. The third kappa shape index (κ3) is 6.21. The molecule has 0 bridgehead atoms. The zero-order valence-electron chi connectivity index (χ0n) is 17.4. The van der Waals surface area contributed by atoms with Gasteiger partial charge in [-0.15, -0.1) is 0 Å². The van der Waals surface area contributed by atoms with Crippen LogP contribution in [0, 0.1) is 22.7 Å². The zero-order valence-corrected chi connectivity index (χ0v) is 17.4. The van der Waals surface area contributed by atoms with E-state index in [0.717, 1.165) is 32.6 Å². The van der Waals surface area contributed by atoms with Crippen LogP contribution in [0.15, 0.2) is 11.8 Å². The monoisotopic (exact) mass is 384 g/mol. The normalized spacial score (nSPS) is 22.9. The van der Waals surface area contributed by atoms with Crippen molar-refractivity contribution in [3.63, 3.8) is 0 Å². The molecule has 0 unspecified atom stereocenters. The van der Waals surface area contributed by atoms with Crippen LogP contribution in [0.2, 0.25) is 0 Å². The van der Waals surface area contributed by atoms with Gasteiger partial charge in [0.25, 0.3) is 0 Å². The van der Waals surface area contributed by atoms with Crippen molar-refractivity contribution in [3.8, 4) is 12.1 Å². The van der Waals surface area contributed by atoms with Gasteiger partial charge in [-0.3, -0.25) is 0 Å². The highest BCUT2D eigenvalue weighted by molar-refractivity contribution is 5.34. The molecule has 6 heteroatoms. The molecule has 0 aliphatic carbocycles.